The van der Waals surface area contributed by atoms with Crippen LogP contribution in [0.5, 0.6) is 0 Å². The molecule has 0 spiro atoms. The summed E-state index contributed by atoms with van der Waals surface area (Å²) in [5, 5.41) is 0. The molecule has 1 aliphatic heterocycles. The van der Waals surface area contributed by atoms with Crippen molar-refractivity contribution in [1.82, 2.24) is 4.90 Å². The molecule has 13 heavy (non-hydrogen) atoms. The number of likely N-dealkylation sites (tertiary alicyclic amines) is 1. The fourth-order valence-corrected chi connectivity index (χ4v) is 1.45. The van der Waals surface area contributed by atoms with E-state index in [2.05, 4.69) is 11.3 Å². The number of carbonyl (C=O) groups excluding carboxylic acids is 2. The van der Waals surface area contributed by atoms with Crippen LogP contribution < -0.4 is 0 Å². The molecule has 1 aliphatic rings. The van der Waals surface area contributed by atoms with Gasteiger partial charge in [-0.3, -0.25) is 9.59 Å². The summed E-state index contributed by atoms with van der Waals surface area (Å²) in [6.07, 6.45) is 1.95. The first-order chi connectivity index (χ1) is 6.19. The quantitative estimate of drug-likeness (QED) is 0.453. The molecule has 1 heterocycles. The zero-order valence-corrected chi connectivity index (χ0v) is 7.66. The number of nitrogens with zero attached hydrogens (tertiary/aromatic N) is 1. The molecular formula is C9H13NO3. The van der Waals surface area contributed by atoms with Gasteiger partial charge in [-0.15, -0.1) is 0 Å². The zero-order chi connectivity index (χ0) is 9.84. The minimum Gasteiger partial charge on any atom is -0.469 e. The summed E-state index contributed by atoms with van der Waals surface area (Å²) in [4.78, 5) is 23.8. The van der Waals surface area contributed by atoms with Crippen molar-refractivity contribution in [2.75, 3.05) is 20.2 Å². The van der Waals surface area contributed by atoms with Gasteiger partial charge in [-0.2, -0.15) is 0 Å². The Morgan fingerprint density at radius 3 is 2.85 bits per heavy atom. The molecule has 0 aromatic rings. The van der Waals surface area contributed by atoms with Gasteiger partial charge in [0.1, 0.15) is 0 Å². The molecule has 0 N–H and O–H groups in total. The van der Waals surface area contributed by atoms with E-state index in [1.165, 1.54) is 13.2 Å². The second-order valence-corrected chi connectivity index (χ2v) is 3.00. The average molecular weight is 183 g/mol. The summed E-state index contributed by atoms with van der Waals surface area (Å²) in [6, 6.07) is 0. The number of hydrogen-bond donors (Lipinski definition) is 0. The first-order valence-electron chi connectivity index (χ1n) is 4.18. The lowest BCUT2D eigenvalue weighted by atomic mass is 10.1. The van der Waals surface area contributed by atoms with Gasteiger partial charge >= 0.3 is 5.97 Å². The molecule has 0 saturated carbocycles. The smallest absolute Gasteiger partial charge is 0.310 e. The van der Waals surface area contributed by atoms with Gasteiger partial charge in [-0.05, 0) is 12.5 Å². The summed E-state index contributed by atoms with van der Waals surface area (Å²) in [7, 11) is 1.36. The van der Waals surface area contributed by atoms with Crippen molar-refractivity contribution >= 4 is 11.9 Å². The predicted octanol–water partition coefficient (Wildman–Crippen LogP) is 0.194. The molecule has 0 aliphatic carbocycles. The summed E-state index contributed by atoms with van der Waals surface area (Å²) >= 11 is 0. The van der Waals surface area contributed by atoms with Crippen LogP contribution in [-0.4, -0.2) is 37.0 Å². The molecule has 0 aromatic heterocycles. The molecule has 1 amide bonds. The van der Waals surface area contributed by atoms with Gasteiger partial charge < -0.3 is 9.64 Å². The summed E-state index contributed by atoms with van der Waals surface area (Å²) in [6.45, 7) is 4.46. The molecule has 1 fully saturated rings. The van der Waals surface area contributed by atoms with E-state index in [0.29, 0.717) is 19.5 Å². The first-order valence-corrected chi connectivity index (χ1v) is 4.18. The summed E-state index contributed by atoms with van der Waals surface area (Å²) in [5.41, 5.74) is 0. The molecule has 0 radical (unpaired) electrons. The van der Waals surface area contributed by atoms with E-state index in [9.17, 15) is 9.59 Å². The van der Waals surface area contributed by atoms with Crippen molar-refractivity contribution in [3.8, 4) is 0 Å². The van der Waals surface area contributed by atoms with Gasteiger partial charge in [0.15, 0.2) is 0 Å². The van der Waals surface area contributed by atoms with Crippen LogP contribution in [0.2, 0.25) is 0 Å². The van der Waals surface area contributed by atoms with Crippen molar-refractivity contribution in [3.05, 3.63) is 12.7 Å². The Hall–Kier alpha value is -1.32. The van der Waals surface area contributed by atoms with Crippen molar-refractivity contribution in [2.45, 2.75) is 6.42 Å². The second-order valence-electron chi connectivity index (χ2n) is 3.00. The van der Waals surface area contributed by atoms with Crippen LogP contribution >= 0.6 is 0 Å². The fraction of sp³-hybridized carbons (Fsp3) is 0.556. The molecule has 4 heteroatoms. The minimum absolute atomic E-state index is 0.119. The SMILES string of the molecule is C=CC(=O)N1CCC(C(=O)OC)C1. The maximum absolute atomic E-state index is 11.1. The topological polar surface area (TPSA) is 46.6 Å². The highest BCUT2D eigenvalue weighted by Crippen LogP contribution is 2.17. The Labute approximate surface area is 77.2 Å². The van der Waals surface area contributed by atoms with Gasteiger partial charge in [0.25, 0.3) is 0 Å². The van der Waals surface area contributed by atoms with E-state index >= 15 is 0 Å². The Morgan fingerprint density at radius 1 is 1.62 bits per heavy atom. The van der Waals surface area contributed by atoms with Crippen LogP contribution in [0.3, 0.4) is 0 Å². The van der Waals surface area contributed by atoms with Gasteiger partial charge in [-0.1, -0.05) is 6.58 Å². The Morgan fingerprint density at radius 2 is 2.31 bits per heavy atom. The molecule has 1 unspecified atom stereocenters. The van der Waals surface area contributed by atoms with Gasteiger partial charge in [-0.25, -0.2) is 0 Å². The number of ether oxygens (including phenoxy) is 1. The normalized spacial score (nSPS) is 21.3. The van der Waals surface area contributed by atoms with E-state index in [0.717, 1.165) is 0 Å². The van der Waals surface area contributed by atoms with Crippen molar-refractivity contribution in [2.24, 2.45) is 5.92 Å². The number of rotatable bonds is 2. The standard InChI is InChI=1S/C9H13NO3/c1-3-8(11)10-5-4-7(6-10)9(12)13-2/h3,7H,1,4-6H2,2H3. The van der Waals surface area contributed by atoms with E-state index < -0.39 is 0 Å². The van der Waals surface area contributed by atoms with Crippen LogP contribution in [0.15, 0.2) is 12.7 Å². The van der Waals surface area contributed by atoms with Gasteiger partial charge in [0.05, 0.1) is 13.0 Å². The third-order valence-electron chi connectivity index (χ3n) is 2.21. The Bertz CT molecular complexity index is 237. The monoisotopic (exact) mass is 183 g/mol. The van der Waals surface area contributed by atoms with E-state index in [4.69, 9.17) is 0 Å². The maximum Gasteiger partial charge on any atom is 0.310 e. The number of esters is 1. The van der Waals surface area contributed by atoms with Crippen LogP contribution in [0.25, 0.3) is 0 Å². The zero-order valence-electron chi connectivity index (χ0n) is 7.66. The lowest BCUT2D eigenvalue weighted by Gasteiger charge is -2.12. The fourth-order valence-electron chi connectivity index (χ4n) is 1.45. The highest BCUT2D eigenvalue weighted by Gasteiger charge is 2.30. The van der Waals surface area contributed by atoms with Crippen molar-refractivity contribution in [3.63, 3.8) is 0 Å². The maximum atomic E-state index is 11.1. The average Bonchev–Trinajstić information content (AvgIpc) is 2.64. The number of carbonyl (C=O) groups is 2. The van der Waals surface area contributed by atoms with E-state index in [-0.39, 0.29) is 17.8 Å². The molecule has 1 saturated heterocycles. The van der Waals surface area contributed by atoms with Crippen LogP contribution in [0.1, 0.15) is 6.42 Å². The molecule has 0 aromatic carbocycles. The Balaban J connectivity index is 2.49. The Kier molecular flexibility index (Phi) is 3.06. The molecule has 1 rings (SSSR count). The minimum atomic E-state index is -0.237. The molecule has 0 bridgehead atoms. The molecule has 72 valence electrons. The molecular weight excluding hydrogens is 170 g/mol. The second kappa shape index (κ2) is 4.07. The van der Waals surface area contributed by atoms with Gasteiger partial charge in [0, 0.05) is 13.1 Å². The van der Waals surface area contributed by atoms with Crippen molar-refractivity contribution < 1.29 is 14.3 Å². The highest BCUT2D eigenvalue weighted by atomic mass is 16.5. The van der Waals surface area contributed by atoms with Crippen LogP contribution in [0.4, 0.5) is 0 Å². The first kappa shape index (κ1) is 9.77. The third kappa shape index (κ3) is 2.08. The van der Waals surface area contributed by atoms with Crippen LogP contribution in [0, 0.1) is 5.92 Å². The lowest BCUT2D eigenvalue weighted by Crippen LogP contribution is -2.28. The van der Waals surface area contributed by atoms with E-state index in [1.54, 1.807) is 4.90 Å². The highest BCUT2D eigenvalue weighted by molar-refractivity contribution is 5.88. The molecule has 1 atom stereocenters. The summed E-state index contributed by atoms with van der Waals surface area (Å²) in [5.74, 6) is -0.514. The largest absolute Gasteiger partial charge is 0.469 e. The van der Waals surface area contributed by atoms with Crippen LogP contribution in [-0.2, 0) is 14.3 Å². The van der Waals surface area contributed by atoms with E-state index in [1.807, 2.05) is 0 Å². The number of hydrogen-bond acceptors (Lipinski definition) is 3. The van der Waals surface area contributed by atoms with Crippen molar-refractivity contribution in [1.29, 1.82) is 0 Å². The predicted molar refractivity (Wildman–Crippen MR) is 46.9 cm³/mol. The third-order valence-corrected chi connectivity index (χ3v) is 2.21. The van der Waals surface area contributed by atoms with Gasteiger partial charge in [0.2, 0.25) is 5.91 Å². The summed E-state index contributed by atoms with van der Waals surface area (Å²) < 4.78 is 4.59. The molecule has 4 nitrogen and oxygen atoms in total. The number of methoxy groups -OCH3 is 1. The lowest BCUT2D eigenvalue weighted by molar-refractivity contribution is -0.145. The number of amides is 1.